The van der Waals surface area contributed by atoms with Crippen LogP contribution in [-0.4, -0.2) is 38.3 Å². The number of carbonyl (C=O) groups is 2. The molecule has 1 unspecified atom stereocenters. The first kappa shape index (κ1) is 27.6. The van der Waals surface area contributed by atoms with Crippen molar-refractivity contribution < 1.29 is 23.8 Å². The Bertz CT molecular complexity index is 1410. The molecule has 0 saturated heterocycles. The number of aromatic amines is 1. The predicted molar refractivity (Wildman–Crippen MR) is 150 cm³/mol. The van der Waals surface area contributed by atoms with E-state index in [0.29, 0.717) is 11.4 Å². The number of rotatable bonds is 5. The van der Waals surface area contributed by atoms with Crippen LogP contribution in [0.1, 0.15) is 60.1 Å². The summed E-state index contributed by atoms with van der Waals surface area (Å²) in [6.07, 6.45) is -0.776. The highest BCUT2D eigenvalue weighted by Crippen LogP contribution is 2.35. The summed E-state index contributed by atoms with van der Waals surface area (Å²) in [7, 11) is 0. The van der Waals surface area contributed by atoms with Crippen molar-refractivity contribution in [3.05, 3.63) is 72.4 Å². The molecule has 0 spiro atoms. The third kappa shape index (κ3) is 6.93. The molecular weight excluding hydrogens is 496 g/mol. The van der Waals surface area contributed by atoms with Crippen molar-refractivity contribution in [3.8, 4) is 17.1 Å². The molecule has 1 N–H and O–H groups in total. The molecule has 2 amide bonds. The number of carbonyl (C=O) groups excluding carboxylic acids is 2. The van der Waals surface area contributed by atoms with Crippen LogP contribution in [0.15, 0.2) is 66.9 Å². The maximum atomic E-state index is 13.4. The van der Waals surface area contributed by atoms with Gasteiger partial charge in [0.1, 0.15) is 23.1 Å². The second-order valence-corrected chi connectivity index (χ2v) is 11.1. The number of H-pyrrole nitrogens is 1. The monoisotopic (exact) mass is 530 g/mol. The fourth-order valence-electron chi connectivity index (χ4n) is 3.76. The van der Waals surface area contributed by atoms with Crippen molar-refractivity contribution in [2.75, 3.05) is 4.90 Å². The molecule has 0 fully saturated rings. The Morgan fingerprint density at radius 1 is 0.872 bits per heavy atom. The Balaban J connectivity index is 1.83. The number of imide groups is 1. The zero-order valence-electron chi connectivity index (χ0n) is 23.3. The number of hydrogen-bond donors (Lipinski definition) is 1. The van der Waals surface area contributed by atoms with E-state index in [2.05, 4.69) is 15.0 Å². The summed E-state index contributed by atoms with van der Waals surface area (Å²) >= 11 is 0. The zero-order chi connectivity index (χ0) is 28.4. The Hall–Kier alpha value is -4.40. The normalized spacial score (nSPS) is 12.6. The Morgan fingerprint density at radius 2 is 1.46 bits per heavy atom. The van der Waals surface area contributed by atoms with Crippen LogP contribution < -0.4 is 9.64 Å². The lowest BCUT2D eigenvalue weighted by Crippen LogP contribution is -2.44. The average Bonchev–Trinajstić information content (AvgIpc) is 3.28. The molecular formula is C30H34N4O5. The van der Waals surface area contributed by atoms with Crippen LogP contribution in [0.25, 0.3) is 22.4 Å². The lowest BCUT2D eigenvalue weighted by atomic mass is 10.1. The lowest BCUT2D eigenvalue weighted by molar-refractivity contribution is 0.0426. The number of nitrogens with zero attached hydrogens (tertiary/aromatic N) is 3. The number of anilines is 1. The van der Waals surface area contributed by atoms with E-state index in [0.717, 1.165) is 21.5 Å². The molecule has 0 bridgehead atoms. The maximum absolute atomic E-state index is 13.4. The van der Waals surface area contributed by atoms with E-state index in [4.69, 9.17) is 14.2 Å². The minimum atomic E-state index is -0.932. The summed E-state index contributed by atoms with van der Waals surface area (Å²) in [5, 5.41) is 0. The Kier molecular flexibility index (Phi) is 7.63. The van der Waals surface area contributed by atoms with E-state index in [1.807, 2.05) is 61.5 Å². The highest BCUT2D eigenvalue weighted by molar-refractivity contribution is 6.09. The molecule has 0 aliphatic carbocycles. The standard InChI is InChI=1S/C30H34N4O5/c1-19(20-13-9-8-10-14-20)37-24-17-21(25-32-22-15-11-12-16-23(22)33-25)18-31-26(24)34(27(35)38-29(2,3)4)28(36)39-30(5,6)7/h8-19H,1-7H3,(H,32,33). The van der Waals surface area contributed by atoms with Crippen molar-refractivity contribution in [2.45, 2.75) is 65.8 Å². The van der Waals surface area contributed by atoms with Crippen LogP contribution in [0.5, 0.6) is 5.75 Å². The number of aromatic nitrogens is 3. The Morgan fingerprint density at radius 3 is 2.05 bits per heavy atom. The molecule has 0 aliphatic rings. The third-order valence-corrected chi connectivity index (χ3v) is 5.43. The number of fused-ring (bicyclic) bond motifs is 1. The van der Waals surface area contributed by atoms with Gasteiger partial charge in [-0.15, -0.1) is 0 Å². The minimum absolute atomic E-state index is 0.0545. The van der Waals surface area contributed by atoms with E-state index < -0.39 is 29.5 Å². The topological polar surface area (TPSA) is 107 Å². The molecule has 0 radical (unpaired) electrons. The number of pyridine rings is 1. The number of hydrogen-bond acceptors (Lipinski definition) is 7. The second kappa shape index (κ2) is 10.8. The summed E-state index contributed by atoms with van der Waals surface area (Å²) in [6.45, 7) is 12.2. The van der Waals surface area contributed by atoms with Crippen molar-refractivity contribution in [2.24, 2.45) is 0 Å². The van der Waals surface area contributed by atoms with Gasteiger partial charge >= 0.3 is 12.2 Å². The van der Waals surface area contributed by atoms with Gasteiger partial charge in [-0.3, -0.25) is 0 Å². The van der Waals surface area contributed by atoms with E-state index in [1.165, 1.54) is 6.20 Å². The number of nitrogens with one attached hydrogen (secondary N) is 1. The van der Waals surface area contributed by atoms with Crippen LogP contribution >= 0.6 is 0 Å². The number of amides is 2. The van der Waals surface area contributed by atoms with Gasteiger partial charge in [0.2, 0.25) is 0 Å². The summed E-state index contributed by atoms with van der Waals surface area (Å²) in [4.78, 5) is 39.9. The van der Waals surface area contributed by atoms with Gasteiger partial charge in [0.05, 0.1) is 11.0 Å². The molecule has 9 heteroatoms. The fraction of sp³-hybridized carbons (Fsp3) is 0.333. The van der Waals surface area contributed by atoms with Gasteiger partial charge in [-0.25, -0.2) is 19.6 Å². The number of benzene rings is 2. The summed E-state index contributed by atoms with van der Waals surface area (Å²) in [6, 6.07) is 18.9. The first-order valence-corrected chi connectivity index (χ1v) is 12.7. The lowest BCUT2D eigenvalue weighted by Gasteiger charge is -2.29. The van der Waals surface area contributed by atoms with Gasteiger partial charge in [0.25, 0.3) is 0 Å². The van der Waals surface area contributed by atoms with Gasteiger partial charge in [0.15, 0.2) is 11.6 Å². The van der Waals surface area contributed by atoms with E-state index >= 15 is 0 Å². The molecule has 9 nitrogen and oxygen atoms in total. The molecule has 39 heavy (non-hydrogen) atoms. The molecule has 0 aliphatic heterocycles. The van der Waals surface area contributed by atoms with Crippen molar-refractivity contribution in [1.29, 1.82) is 0 Å². The van der Waals surface area contributed by atoms with Gasteiger partial charge < -0.3 is 19.2 Å². The largest absolute Gasteiger partial charge is 0.482 e. The van der Waals surface area contributed by atoms with Crippen LogP contribution in [-0.2, 0) is 9.47 Å². The molecule has 0 saturated carbocycles. The highest BCUT2D eigenvalue weighted by Gasteiger charge is 2.36. The second-order valence-electron chi connectivity index (χ2n) is 11.1. The Labute approximate surface area is 228 Å². The van der Waals surface area contributed by atoms with Crippen LogP contribution in [0.3, 0.4) is 0 Å². The predicted octanol–water partition coefficient (Wildman–Crippen LogP) is 7.44. The van der Waals surface area contributed by atoms with Crippen LogP contribution in [0.2, 0.25) is 0 Å². The van der Waals surface area contributed by atoms with Gasteiger partial charge in [-0.05, 0) is 72.2 Å². The quantitative estimate of drug-likeness (QED) is 0.286. The molecule has 2 aromatic heterocycles. The van der Waals surface area contributed by atoms with Crippen LogP contribution in [0.4, 0.5) is 15.4 Å². The summed E-state index contributed by atoms with van der Waals surface area (Å²) < 4.78 is 17.5. The number of imidazole rings is 1. The van der Waals surface area contributed by atoms with Crippen molar-refractivity contribution >= 4 is 29.0 Å². The molecule has 204 valence electrons. The van der Waals surface area contributed by atoms with Crippen LogP contribution in [0, 0.1) is 0 Å². The molecule has 1 atom stereocenters. The van der Waals surface area contributed by atoms with Crippen molar-refractivity contribution in [1.82, 2.24) is 15.0 Å². The average molecular weight is 531 g/mol. The van der Waals surface area contributed by atoms with Gasteiger partial charge in [-0.1, -0.05) is 42.5 Å². The SMILES string of the molecule is CC(Oc1cc(-c2nc3ccccc3[nH]2)cnc1N(C(=O)OC(C)(C)C)C(=O)OC(C)(C)C)c1ccccc1. The molecule has 4 rings (SSSR count). The smallest absolute Gasteiger partial charge is 0.425 e. The minimum Gasteiger partial charge on any atom is -0.482 e. The number of para-hydroxylation sites is 2. The summed E-state index contributed by atoms with van der Waals surface area (Å²) in [5.41, 5.74) is 1.42. The highest BCUT2D eigenvalue weighted by atomic mass is 16.6. The van der Waals surface area contributed by atoms with E-state index in [1.54, 1.807) is 47.6 Å². The molecule has 2 heterocycles. The van der Waals surface area contributed by atoms with E-state index in [-0.39, 0.29) is 11.6 Å². The third-order valence-electron chi connectivity index (χ3n) is 5.43. The first-order valence-electron chi connectivity index (χ1n) is 12.7. The molecule has 2 aromatic carbocycles. The van der Waals surface area contributed by atoms with Gasteiger partial charge in [-0.2, -0.15) is 4.90 Å². The van der Waals surface area contributed by atoms with E-state index in [9.17, 15) is 9.59 Å². The maximum Gasteiger partial charge on any atom is 0.425 e. The first-order chi connectivity index (χ1) is 18.3. The number of ether oxygens (including phenoxy) is 3. The summed E-state index contributed by atoms with van der Waals surface area (Å²) in [5.74, 6) is 0.690. The molecule has 4 aromatic rings. The van der Waals surface area contributed by atoms with Gasteiger partial charge in [0, 0.05) is 11.8 Å². The fourth-order valence-corrected chi connectivity index (χ4v) is 3.76. The zero-order valence-corrected chi connectivity index (χ0v) is 23.3. The van der Waals surface area contributed by atoms with Crippen molar-refractivity contribution in [3.63, 3.8) is 0 Å².